The van der Waals surface area contributed by atoms with Gasteiger partial charge in [-0.15, -0.1) is 6.58 Å². The molecule has 0 aromatic rings. The summed E-state index contributed by atoms with van der Waals surface area (Å²) in [5, 5.41) is 17.9. The van der Waals surface area contributed by atoms with Gasteiger partial charge < -0.3 is 10.2 Å². The van der Waals surface area contributed by atoms with Gasteiger partial charge in [-0.1, -0.05) is 38.2 Å². The highest BCUT2D eigenvalue weighted by Crippen LogP contribution is 2.10. The second-order valence-corrected chi connectivity index (χ2v) is 4.15. The maximum atomic E-state index is 9.35. The van der Waals surface area contributed by atoms with Gasteiger partial charge in [0.15, 0.2) is 0 Å². The second-order valence-electron chi connectivity index (χ2n) is 4.15. The van der Waals surface area contributed by atoms with Crippen molar-refractivity contribution in [1.29, 1.82) is 0 Å². The molecular weight excluding hydrogens is 188 g/mol. The molecule has 2 nitrogen and oxygen atoms in total. The van der Waals surface area contributed by atoms with Crippen molar-refractivity contribution in [2.45, 2.75) is 63.9 Å². The Kier molecular flexibility index (Phi) is 11.5. The van der Waals surface area contributed by atoms with Gasteiger partial charge in [-0.05, 0) is 25.7 Å². The van der Waals surface area contributed by atoms with Gasteiger partial charge in [-0.2, -0.15) is 0 Å². The SMILES string of the molecule is C=CCCCCCCCC[C@@H](O)CCO. The molecule has 0 unspecified atom stereocenters. The number of aliphatic hydroxyl groups excluding tert-OH is 2. The molecule has 0 aromatic heterocycles. The average Bonchev–Trinajstić information content (AvgIpc) is 2.22. The summed E-state index contributed by atoms with van der Waals surface area (Å²) in [5.41, 5.74) is 0. The predicted octanol–water partition coefficient (Wildman–Crippen LogP) is 3.04. The van der Waals surface area contributed by atoms with E-state index >= 15 is 0 Å². The van der Waals surface area contributed by atoms with Crippen LogP contribution in [0.15, 0.2) is 12.7 Å². The molecule has 0 amide bonds. The van der Waals surface area contributed by atoms with Gasteiger partial charge in [0.2, 0.25) is 0 Å². The van der Waals surface area contributed by atoms with E-state index in [1.807, 2.05) is 6.08 Å². The zero-order valence-corrected chi connectivity index (χ0v) is 9.83. The third-order valence-electron chi connectivity index (χ3n) is 2.66. The van der Waals surface area contributed by atoms with Crippen LogP contribution in [0.2, 0.25) is 0 Å². The van der Waals surface area contributed by atoms with Crippen LogP contribution >= 0.6 is 0 Å². The Morgan fingerprint density at radius 2 is 1.53 bits per heavy atom. The van der Waals surface area contributed by atoms with E-state index in [0.29, 0.717) is 6.42 Å². The molecule has 15 heavy (non-hydrogen) atoms. The summed E-state index contributed by atoms with van der Waals surface area (Å²) in [6, 6.07) is 0. The normalized spacial score (nSPS) is 12.7. The lowest BCUT2D eigenvalue weighted by atomic mass is 10.1. The van der Waals surface area contributed by atoms with Crippen LogP contribution < -0.4 is 0 Å². The minimum atomic E-state index is -0.296. The molecule has 0 aliphatic rings. The van der Waals surface area contributed by atoms with Crippen LogP contribution in [-0.4, -0.2) is 22.9 Å². The first-order valence-electron chi connectivity index (χ1n) is 6.21. The summed E-state index contributed by atoms with van der Waals surface area (Å²) >= 11 is 0. The molecule has 0 aliphatic heterocycles. The topological polar surface area (TPSA) is 40.5 Å². The summed E-state index contributed by atoms with van der Waals surface area (Å²) in [5.74, 6) is 0. The molecule has 0 bridgehead atoms. The highest BCUT2D eigenvalue weighted by Gasteiger charge is 2.01. The number of hydrogen-bond donors (Lipinski definition) is 2. The van der Waals surface area contributed by atoms with Gasteiger partial charge in [0.25, 0.3) is 0 Å². The first-order chi connectivity index (χ1) is 7.31. The number of hydrogen-bond acceptors (Lipinski definition) is 2. The van der Waals surface area contributed by atoms with Crippen molar-refractivity contribution in [2.75, 3.05) is 6.61 Å². The number of rotatable bonds is 11. The van der Waals surface area contributed by atoms with E-state index < -0.39 is 0 Å². The van der Waals surface area contributed by atoms with E-state index in [4.69, 9.17) is 5.11 Å². The maximum Gasteiger partial charge on any atom is 0.0562 e. The van der Waals surface area contributed by atoms with Crippen molar-refractivity contribution in [3.05, 3.63) is 12.7 Å². The lowest BCUT2D eigenvalue weighted by molar-refractivity contribution is 0.122. The smallest absolute Gasteiger partial charge is 0.0562 e. The molecule has 0 saturated heterocycles. The van der Waals surface area contributed by atoms with Gasteiger partial charge in [0, 0.05) is 6.61 Å². The fraction of sp³-hybridized carbons (Fsp3) is 0.846. The van der Waals surface area contributed by atoms with E-state index in [1.54, 1.807) is 0 Å². The average molecular weight is 214 g/mol. The summed E-state index contributed by atoms with van der Waals surface area (Å²) in [7, 11) is 0. The molecular formula is C13H26O2. The summed E-state index contributed by atoms with van der Waals surface area (Å²) in [6.07, 6.45) is 11.6. The van der Waals surface area contributed by atoms with Gasteiger partial charge in [0.1, 0.15) is 0 Å². The van der Waals surface area contributed by atoms with Crippen molar-refractivity contribution in [2.24, 2.45) is 0 Å². The van der Waals surface area contributed by atoms with E-state index in [9.17, 15) is 5.11 Å². The Labute approximate surface area is 94.0 Å². The quantitative estimate of drug-likeness (QED) is 0.410. The first kappa shape index (κ1) is 14.7. The lowest BCUT2D eigenvalue weighted by Crippen LogP contribution is -2.08. The summed E-state index contributed by atoms with van der Waals surface area (Å²) in [4.78, 5) is 0. The Balaban J connectivity index is 3.01. The van der Waals surface area contributed by atoms with Crippen molar-refractivity contribution < 1.29 is 10.2 Å². The van der Waals surface area contributed by atoms with E-state index in [1.165, 1.54) is 32.1 Å². The number of allylic oxidation sites excluding steroid dienone is 1. The first-order valence-corrected chi connectivity index (χ1v) is 6.21. The molecule has 0 rings (SSSR count). The van der Waals surface area contributed by atoms with Crippen LogP contribution in [0, 0.1) is 0 Å². The van der Waals surface area contributed by atoms with Gasteiger partial charge in [-0.25, -0.2) is 0 Å². The Morgan fingerprint density at radius 1 is 0.933 bits per heavy atom. The van der Waals surface area contributed by atoms with Crippen LogP contribution in [0.5, 0.6) is 0 Å². The maximum absolute atomic E-state index is 9.35. The van der Waals surface area contributed by atoms with Crippen molar-refractivity contribution in [3.8, 4) is 0 Å². The third-order valence-corrected chi connectivity index (χ3v) is 2.66. The van der Waals surface area contributed by atoms with Crippen LogP contribution in [0.3, 0.4) is 0 Å². The molecule has 1 atom stereocenters. The summed E-state index contributed by atoms with van der Waals surface area (Å²) in [6.45, 7) is 3.80. The molecule has 0 heterocycles. The predicted molar refractivity (Wildman–Crippen MR) is 64.8 cm³/mol. The fourth-order valence-electron chi connectivity index (χ4n) is 1.67. The summed E-state index contributed by atoms with van der Waals surface area (Å²) < 4.78 is 0. The van der Waals surface area contributed by atoms with Crippen molar-refractivity contribution in [1.82, 2.24) is 0 Å². The molecule has 0 fully saturated rings. The van der Waals surface area contributed by atoms with Crippen molar-refractivity contribution >= 4 is 0 Å². The zero-order valence-electron chi connectivity index (χ0n) is 9.83. The van der Waals surface area contributed by atoms with Crippen LogP contribution in [-0.2, 0) is 0 Å². The van der Waals surface area contributed by atoms with E-state index in [0.717, 1.165) is 19.3 Å². The van der Waals surface area contributed by atoms with Gasteiger partial charge >= 0.3 is 0 Å². The molecule has 90 valence electrons. The molecule has 0 aromatic carbocycles. The lowest BCUT2D eigenvalue weighted by Gasteiger charge is -2.07. The monoisotopic (exact) mass is 214 g/mol. The van der Waals surface area contributed by atoms with Crippen LogP contribution in [0.1, 0.15) is 57.8 Å². The zero-order chi connectivity index (χ0) is 11.4. The molecule has 0 aliphatic carbocycles. The Bertz CT molecular complexity index is 134. The van der Waals surface area contributed by atoms with Crippen LogP contribution in [0.25, 0.3) is 0 Å². The molecule has 2 heteroatoms. The highest BCUT2D eigenvalue weighted by molar-refractivity contribution is 4.65. The van der Waals surface area contributed by atoms with E-state index in [2.05, 4.69) is 6.58 Å². The minimum absolute atomic E-state index is 0.0999. The van der Waals surface area contributed by atoms with Gasteiger partial charge in [-0.3, -0.25) is 0 Å². The van der Waals surface area contributed by atoms with Crippen LogP contribution in [0.4, 0.5) is 0 Å². The minimum Gasteiger partial charge on any atom is -0.396 e. The van der Waals surface area contributed by atoms with Crippen molar-refractivity contribution in [3.63, 3.8) is 0 Å². The van der Waals surface area contributed by atoms with E-state index in [-0.39, 0.29) is 12.7 Å². The van der Waals surface area contributed by atoms with Gasteiger partial charge in [0.05, 0.1) is 6.10 Å². The molecule has 0 saturated carbocycles. The number of aliphatic hydroxyl groups is 2. The largest absolute Gasteiger partial charge is 0.396 e. The molecule has 0 radical (unpaired) electrons. The Hall–Kier alpha value is -0.340. The fourth-order valence-corrected chi connectivity index (χ4v) is 1.67. The highest BCUT2D eigenvalue weighted by atomic mass is 16.3. The Morgan fingerprint density at radius 3 is 2.13 bits per heavy atom. The standard InChI is InChI=1S/C13H26O2/c1-2-3-4-5-6-7-8-9-10-13(15)11-12-14/h2,13-15H,1,3-12H2/t13-/m1/s1. The third kappa shape index (κ3) is 11.6. The number of unbranched alkanes of at least 4 members (excludes halogenated alkanes) is 6. The molecule has 0 spiro atoms. The second kappa shape index (κ2) is 11.7. The molecule has 2 N–H and O–H groups in total.